The molecule has 0 bridgehead atoms. The number of rotatable bonds is 6. The average molecular weight is 554 g/mol. The zero-order chi connectivity index (χ0) is 27.9. The number of Topliss-reactive ketones (excluding diaryl/α,β-unsaturated/α-hetero) is 1. The van der Waals surface area contributed by atoms with Gasteiger partial charge in [-0.15, -0.1) is 0 Å². The molecule has 10 heteroatoms. The molecular formula is C29H36ClN5O4. The molecule has 2 fully saturated rings. The third kappa shape index (κ3) is 5.81. The molecule has 2 N–H and O–H groups in total. The molecule has 0 spiro atoms. The number of fused-ring (bicyclic) bond motifs is 3. The van der Waals surface area contributed by atoms with Gasteiger partial charge in [-0.3, -0.25) is 24.3 Å². The van der Waals surface area contributed by atoms with Gasteiger partial charge in [0.1, 0.15) is 11.8 Å². The van der Waals surface area contributed by atoms with Crippen molar-refractivity contribution >= 4 is 56.7 Å². The van der Waals surface area contributed by atoms with Crippen molar-refractivity contribution in [3.8, 4) is 0 Å². The van der Waals surface area contributed by atoms with Crippen LogP contribution in [0.2, 0.25) is 5.02 Å². The molecule has 3 heterocycles. The number of halogens is 1. The van der Waals surface area contributed by atoms with E-state index >= 15 is 0 Å². The van der Waals surface area contributed by atoms with Crippen molar-refractivity contribution in [1.29, 1.82) is 0 Å². The summed E-state index contributed by atoms with van der Waals surface area (Å²) in [5.41, 5.74) is 1.70. The number of nitrogens with zero attached hydrogens (tertiary/aromatic N) is 3. The van der Waals surface area contributed by atoms with Crippen LogP contribution in [0.1, 0.15) is 39.5 Å². The Bertz CT molecular complexity index is 1410. The Morgan fingerprint density at radius 1 is 1.15 bits per heavy atom. The van der Waals surface area contributed by atoms with Crippen molar-refractivity contribution in [1.82, 2.24) is 19.8 Å². The number of carbonyl (C=O) groups excluding carboxylic acids is 3. The number of hydrogen-bond donors (Lipinski definition) is 2. The second kappa shape index (κ2) is 10.9. The van der Waals surface area contributed by atoms with E-state index in [1.165, 1.54) is 0 Å². The third-order valence-electron chi connectivity index (χ3n) is 8.02. The van der Waals surface area contributed by atoms with E-state index in [1.807, 2.05) is 30.9 Å². The number of amides is 2. The number of ether oxygens (including phenoxy) is 1. The summed E-state index contributed by atoms with van der Waals surface area (Å²) in [5.74, 6) is -0.111. The summed E-state index contributed by atoms with van der Waals surface area (Å²) in [4.78, 5) is 50.5. The van der Waals surface area contributed by atoms with Crippen molar-refractivity contribution in [3.05, 3.63) is 35.6 Å². The maximum atomic E-state index is 13.6. The van der Waals surface area contributed by atoms with E-state index in [9.17, 15) is 14.4 Å². The van der Waals surface area contributed by atoms with Crippen LogP contribution in [0, 0.1) is 11.8 Å². The number of ketones is 1. The summed E-state index contributed by atoms with van der Waals surface area (Å²) in [6.45, 7) is 4.74. The molecule has 5 rings (SSSR count). The molecule has 1 aromatic carbocycles. The standard InChI is InChI=1S/C29H36ClN5O4/c1-29(2)16-35(14-25(36)17-5-7-18(8-6-17)28(38)34(3)4)24(15-39-29)27(37)33-22-12-19(30)11-21-20-9-10-31-13-23(20)32-26(21)22/h9-13,17-18,24,32H,5-8,14-16H2,1-4H3,(H,33,37)/t17?,18?,24-/m0/s1. The van der Waals surface area contributed by atoms with E-state index in [0.717, 1.165) is 34.6 Å². The van der Waals surface area contributed by atoms with Gasteiger partial charge in [-0.05, 0) is 57.7 Å². The lowest BCUT2D eigenvalue weighted by atomic mass is 9.79. The number of pyridine rings is 1. The van der Waals surface area contributed by atoms with Crippen molar-refractivity contribution in [2.75, 3.05) is 39.1 Å². The van der Waals surface area contributed by atoms with E-state index in [2.05, 4.69) is 15.3 Å². The van der Waals surface area contributed by atoms with Crippen LogP contribution in [0.5, 0.6) is 0 Å². The van der Waals surface area contributed by atoms with Gasteiger partial charge < -0.3 is 19.9 Å². The van der Waals surface area contributed by atoms with Crippen LogP contribution >= 0.6 is 11.6 Å². The second-order valence-corrected chi connectivity index (χ2v) is 12.1. The maximum absolute atomic E-state index is 13.6. The summed E-state index contributed by atoms with van der Waals surface area (Å²) < 4.78 is 6.02. The fourth-order valence-electron chi connectivity index (χ4n) is 5.95. The number of nitrogens with one attached hydrogen (secondary N) is 2. The molecule has 39 heavy (non-hydrogen) atoms. The smallest absolute Gasteiger partial charge is 0.244 e. The van der Waals surface area contributed by atoms with Crippen LogP contribution in [0.15, 0.2) is 30.6 Å². The number of benzene rings is 1. The summed E-state index contributed by atoms with van der Waals surface area (Å²) in [6.07, 6.45) is 6.29. The number of morpholine rings is 1. The number of carbonyl (C=O) groups is 3. The lowest BCUT2D eigenvalue weighted by Gasteiger charge is -2.43. The van der Waals surface area contributed by atoms with Gasteiger partial charge in [-0.1, -0.05) is 11.6 Å². The minimum Gasteiger partial charge on any atom is -0.372 e. The Morgan fingerprint density at radius 2 is 1.87 bits per heavy atom. The second-order valence-electron chi connectivity index (χ2n) is 11.7. The Hall–Kier alpha value is -3.01. The number of aromatic nitrogens is 2. The molecular weight excluding hydrogens is 518 g/mol. The lowest BCUT2D eigenvalue weighted by Crippen LogP contribution is -2.59. The molecule has 208 valence electrons. The monoisotopic (exact) mass is 553 g/mol. The van der Waals surface area contributed by atoms with Crippen LogP contribution in [-0.4, -0.2) is 82.8 Å². The Kier molecular flexibility index (Phi) is 7.68. The average Bonchev–Trinajstić information content (AvgIpc) is 3.26. The van der Waals surface area contributed by atoms with Crippen LogP contribution in [0.25, 0.3) is 21.8 Å². The van der Waals surface area contributed by atoms with E-state index in [1.54, 1.807) is 37.5 Å². The summed E-state index contributed by atoms with van der Waals surface area (Å²) >= 11 is 6.43. The molecule has 1 aliphatic carbocycles. The van der Waals surface area contributed by atoms with Gasteiger partial charge in [0.25, 0.3) is 0 Å². The molecule has 1 saturated carbocycles. The molecule has 1 saturated heterocycles. The summed E-state index contributed by atoms with van der Waals surface area (Å²) in [7, 11) is 3.55. The molecule has 2 amide bonds. The van der Waals surface area contributed by atoms with Gasteiger partial charge >= 0.3 is 0 Å². The van der Waals surface area contributed by atoms with E-state index in [4.69, 9.17) is 16.3 Å². The zero-order valence-corrected chi connectivity index (χ0v) is 23.7. The summed E-state index contributed by atoms with van der Waals surface area (Å²) in [6, 6.07) is 4.86. The van der Waals surface area contributed by atoms with Crippen LogP contribution in [0.4, 0.5) is 5.69 Å². The van der Waals surface area contributed by atoms with E-state index in [0.29, 0.717) is 30.1 Å². The zero-order valence-electron chi connectivity index (χ0n) is 22.9. The number of anilines is 1. The van der Waals surface area contributed by atoms with Crippen LogP contribution in [-0.2, 0) is 19.1 Å². The molecule has 1 atom stereocenters. The fourth-order valence-corrected chi connectivity index (χ4v) is 6.17. The van der Waals surface area contributed by atoms with Crippen LogP contribution in [0.3, 0.4) is 0 Å². The van der Waals surface area contributed by atoms with Gasteiger partial charge in [0.15, 0.2) is 0 Å². The van der Waals surface area contributed by atoms with Gasteiger partial charge in [0, 0.05) is 54.5 Å². The minimum absolute atomic E-state index is 0.0140. The molecule has 1 aliphatic heterocycles. The van der Waals surface area contributed by atoms with E-state index in [-0.39, 0.29) is 42.6 Å². The van der Waals surface area contributed by atoms with Crippen molar-refractivity contribution in [3.63, 3.8) is 0 Å². The number of hydrogen-bond acceptors (Lipinski definition) is 6. The first-order valence-electron chi connectivity index (χ1n) is 13.5. The third-order valence-corrected chi connectivity index (χ3v) is 8.24. The predicted octanol–water partition coefficient (Wildman–Crippen LogP) is 4.25. The Labute approximate surface area is 233 Å². The predicted molar refractivity (Wildman–Crippen MR) is 152 cm³/mol. The maximum Gasteiger partial charge on any atom is 0.244 e. The number of H-pyrrole nitrogens is 1. The summed E-state index contributed by atoms with van der Waals surface area (Å²) in [5, 5.41) is 5.41. The number of aromatic amines is 1. The quantitative estimate of drug-likeness (QED) is 0.472. The van der Waals surface area contributed by atoms with Gasteiger partial charge in [0.2, 0.25) is 11.8 Å². The van der Waals surface area contributed by atoms with E-state index < -0.39 is 11.6 Å². The molecule has 9 nitrogen and oxygen atoms in total. The Balaban J connectivity index is 1.32. The van der Waals surface area contributed by atoms with Crippen LogP contribution < -0.4 is 5.32 Å². The normalized spacial score (nSPS) is 23.6. The Morgan fingerprint density at radius 3 is 2.59 bits per heavy atom. The van der Waals surface area contributed by atoms with Crippen molar-refractivity contribution < 1.29 is 19.1 Å². The first-order valence-corrected chi connectivity index (χ1v) is 13.9. The highest BCUT2D eigenvalue weighted by Crippen LogP contribution is 2.34. The molecule has 0 unspecified atom stereocenters. The molecule has 2 aliphatic rings. The molecule has 2 aromatic heterocycles. The SMILES string of the molecule is CN(C)C(=O)C1CCC(C(=O)CN2CC(C)(C)OC[C@H]2C(=O)Nc2cc(Cl)cc3c2[nH]c2cnccc23)CC1. The highest BCUT2D eigenvalue weighted by Gasteiger charge is 2.40. The minimum atomic E-state index is -0.631. The van der Waals surface area contributed by atoms with Gasteiger partial charge in [-0.25, -0.2) is 0 Å². The largest absolute Gasteiger partial charge is 0.372 e. The lowest BCUT2D eigenvalue weighted by molar-refractivity contribution is -0.148. The highest BCUT2D eigenvalue weighted by atomic mass is 35.5. The van der Waals surface area contributed by atoms with Gasteiger partial charge in [-0.2, -0.15) is 0 Å². The van der Waals surface area contributed by atoms with Gasteiger partial charge in [0.05, 0.1) is 41.7 Å². The molecule has 0 radical (unpaired) electrons. The first-order chi connectivity index (χ1) is 18.5. The highest BCUT2D eigenvalue weighted by molar-refractivity contribution is 6.33. The molecule has 3 aromatic rings. The van der Waals surface area contributed by atoms with Crippen molar-refractivity contribution in [2.24, 2.45) is 11.8 Å². The topological polar surface area (TPSA) is 108 Å². The first kappa shape index (κ1) is 27.6. The fraction of sp³-hybridized carbons (Fsp3) is 0.517. The van der Waals surface area contributed by atoms with Crippen molar-refractivity contribution in [2.45, 2.75) is 51.2 Å².